The molecular weight excluding hydrogens is 400 g/mol. The number of carbonyl (C=O) groups excluding carboxylic acids is 4. The molecule has 0 saturated carbocycles. The lowest BCUT2D eigenvalue weighted by molar-refractivity contribution is -0.138. The Morgan fingerprint density at radius 1 is 0.700 bits per heavy atom. The fraction of sp³-hybridized carbons (Fsp3) is 0.667. The SMILES string of the molecule is CCCC(=O)NC(CCC(=O)O)C(=O)NCC(=O)NC(CCC(=O)O)C(=O)NCC. The van der Waals surface area contributed by atoms with Crippen LogP contribution in [0.3, 0.4) is 0 Å². The molecule has 2 atom stereocenters. The van der Waals surface area contributed by atoms with Gasteiger partial charge in [-0.2, -0.15) is 0 Å². The van der Waals surface area contributed by atoms with Crippen LogP contribution < -0.4 is 21.3 Å². The van der Waals surface area contributed by atoms with Gasteiger partial charge in [0.1, 0.15) is 12.1 Å². The van der Waals surface area contributed by atoms with E-state index in [1.54, 1.807) is 13.8 Å². The van der Waals surface area contributed by atoms with Crippen molar-refractivity contribution in [1.82, 2.24) is 21.3 Å². The smallest absolute Gasteiger partial charge is 0.303 e. The fourth-order valence-corrected chi connectivity index (χ4v) is 2.40. The van der Waals surface area contributed by atoms with Gasteiger partial charge in [-0.25, -0.2) is 0 Å². The summed E-state index contributed by atoms with van der Waals surface area (Å²) in [6, 6.07) is -2.21. The second-order valence-corrected chi connectivity index (χ2v) is 6.47. The Hall–Kier alpha value is -3.18. The summed E-state index contributed by atoms with van der Waals surface area (Å²) in [5, 5.41) is 27.1. The lowest BCUT2D eigenvalue weighted by Crippen LogP contribution is -2.52. The third-order valence-corrected chi connectivity index (χ3v) is 3.85. The van der Waals surface area contributed by atoms with Gasteiger partial charge in [0, 0.05) is 25.8 Å². The monoisotopic (exact) mass is 430 g/mol. The van der Waals surface area contributed by atoms with E-state index in [1.165, 1.54) is 0 Å². The van der Waals surface area contributed by atoms with Crippen molar-refractivity contribution in [3.05, 3.63) is 0 Å². The Kier molecular flexibility index (Phi) is 13.2. The third-order valence-electron chi connectivity index (χ3n) is 3.85. The van der Waals surface area contributed by atoms with Crippen LogP contribution in [-0.4, -0.2) is 71.0 Å². The summed E-state index contributed by atoms with van der Waals surface area (Å²) in [6.45, 7) is 3.19. The van der Waals surface area contributed by atoms with Gasteiger partial charge in [0.15, 0.2) is 0 Å². The molecule has 0 radical (unpaired) electrons. The summed E-state index contributed by atoms with van der Waals surface area (Å²) in [5.41, 5.74) is 0. The maximum Gasteiger partial charge on any atom is 0.303 e. The van der Waals surface area contributed by atoms with E-state index in [0.717, 1.165) is 0 Å². The highest BCUT2D eigenvalue weighted by Gasteiger charge is 2.24. The first-order chi connectivity index (χ1) is 14.1. The number of rotatable bonds is 15. The molecule has 0 bridgehead atoms. The van der Waals surface area contributed by atoms with E-state index in [4.69, 9.17) is 10.2 Å². The number of likely N-dealkylation sites (N-methyl/N-ethyl adjacent to an activating group) is 1. The number of nitrogens with one attached hydrogen (secondary N) is 4. The van der Waals surface area contributed by atoms with Gasteiger partial charge >= 0.3 is 11.9 Å². The van der Waals surface area contributed by atoms with Crippen molar-refractivity contribution in [3.8, 4) is 0 Å². The minimum Gasteiger partial charge on any atom is -0.481 e. The standard InChI is InChI=1S/C18H30N4O8/c1-3-5-13(23)21-12(7-9-16(27)28)18(30)20-10-14(24)22-11(6-8-15(25)26)17(29)19-4-2/h11-12H,3-10H2,1-2H3,(H,19,29)(H,20,30)(H,21,23)(H,22,24)(H,25,26)(H,27,28). The Labute approximate surface area is 174 Å². The van der Waals surface area contributed by atoms with E-state index in [0.29, 0.717) is 6.42 Å². The molecule has 0 aromatic rings. The van der Waals surface area contributed by atoms with E-state index >= 15 is 0 Å². The molecule has 12 nitrogen and oxygen atoms in total. The van der Waals surface area contributed by atoms with Crippen molar-refractivity contribution < 1.29 is 39.0 Å². The number of aliphatic carboxylic acids is 2. The van der Waals surface area contributed by atoms with Crippen LogP contribution in [0.1, 0.15) is 52.4 Å². The first-order valence-electron chi connectivity index (χ1n) is 9.68. The highest BCUT2D eigenvalue weighted by atomic mass is 16.4. The Morgan fingerprint density at radius 3 is 1.60 bits per heavy atom. The van der Waals surface area contributed by atoms with Crippen LogP contribution >= 0.6 is 0 Å². The highest BCUT2D eigenvalue weighted by molar-refractivity contribution is 5.92. The topological polar surface area (TPSA) is 191 Å². The molecule has 0 fully saturated rings. The molecule has 0 saturated heterocycles. The minimum atomic E-state index is -1.14. The van der Waals surface area contributed by atoms with Gasteiger partial charge in [0.2, 0.25) is 23.6 Å². The second-order valence-electron chi connectivity index (χ2n) is 6.47. The molecule has 170 valence electrons. The number of carboxylic acid groups (broad SMARTS) is 2. The van der Waals surface area contributed by atoms with E-state index in [-0.39, 0.29) is 38.6 Å². The summed E-state index contributed by atoms with van der Waals surface area (Å²) in [5.74, 6) is -4.71. The molecule has 2 unspecified atom stereocenters. The van der Waals surface area contributed by atoms with E-state index in [1.807, 2.05) is 0 Å². The second kappa shape index (κ2) is 14.8. The van der Waals surface area contributed by atoms with Crippen LogP contribution in [0.5, 0.6) is 0 Å². The maximum atomic E-state index is 12.3. The molecule has 12 heteroatoms. The maximum absolute atomic E-state index is 12.3. The van der Waals surface area contributed by atoms with Gasteiger partial charge in [0.05, 0.1) is 6.54 Å². The van der Waals surface area contributed by atoms with Gasteiger partial charge in [-0.05, 0) is 26.2 Å². The first kappa shape index (κ1) is 26.8. The van der Waals surface area contributed by atoms with E-state index < -0.39 is 54.2 Å². The van der Waals surface area contributed by atoms with Crippen molar-refractivity contribution in [2.45, 2.75) is 64.5 Å². The van der Waals surface area contributed by atoms with Gasteiger partial charge in [-0.15, -0.1) is 0 Å². The normalized spacial score (nSPS) is 12.2. The number of carbonyl (C=O) groups is 6. The van der Waals surface area contributed by atoms with Gasteiger partial charge in [-0.1, -0.05) is 6.92 Å². The summed E-state index contributed by atoms with van der Waals surface area (Å²) < 4.78 is 0. The number of amides is 4. The Morgan fingerprint density at radius 2 is 1.17 bits per heavy atom. The largest absolute Gasteiger partial charge is 0.481 e. The average molecular weight is 430 g/mol. The third kappa shape index (κ3) is 12.3. The molecule has 0 spiro atoms. The molecule has 6 N–H and O–H groups in total. The first-order valence-corrected chi connectivity index (χ1v) is 9.68. The number of hydrogen-bond donors (Lipinski definition) is 6. The quantitative estimate of drug-likeness (QED) is 0.185. The van der Waals surface area contributed by atoms with E-state index in [2.05, 4.69) is 21.3 Å². The van der Waals surface area contributed by atoms with Gasteiger partial charge in [0.25, 0.3) is 0 Å². The van der Waals surface area contributed by atoms with Gasteiger partial charge in [-0.3, -0.25) is 28.8 Å². The van der Waals surface area contributed by atoms with Crippen molar-refractivity contribution in [1.29, 1.82) is 0 Å². The lowest BCUT2D eigenvalue weighted by atomic mass is 10.1. The van der Waals surface area contributed by atoms with Crippen molar-refractivity contribution >= 4 is 35.6 Å². The Balaban J connectivity index is 4.85. The molecule has 0 aliphatic carbocycles. The minimum absolute atomic E-state index is 0.130. The molecule has 30 heavy (non-hydrogen) atoms. The van der Waals surface area contributed by atoms with Crippen LogP contribution in [0.2, 0.25) is 0 Å². The molecule has 0 heterocycles. The van der Waals surface area contributed by atoms with Crippen LogP contribution in [0, 0.1) is 0 Å². The van der Waals surface area contributed by atoms with Crippen LogP contribution in [0.15, 0.2) is 0 Å². The number of hydrogen-bond acceptors (Lipinski definition) is 6. The lowest BCUT2D eigenvalue weighted by Gasteiger charge is -2.19. The molecule has 0 aliphatic rings. The Bertz CT molecular complexity index is 638. The van der Waals surface area contributed by atoms with Crippen molar-refractivity contribution in [2.75, 3.05) is 13.1 Å². The molecule has 4 amide bonds. The zero-order chi connectivity index (χ0) is 23.1. The van der Waals surface area contributed by atoms with Gasteiger partial charge < -0.3 is 31.5 Å². The van der Waals surface area contributed by atoms with Crippen LogP contribution in [-0.2, 0) is 28.8 Å². The molecule has 0 aromatic carbocycles. The van der Waals surface area contributed by atoms with Crippen LogP contribution in [0.25, 0.3) is 0 Å². The van der Waals surface area contributed by atoms with Crippen molar-refractivity contribution in [3.63, 3.8) is 0 Å². The zero-order valence-corrected chi connectivity index (χ0v) is 17.2. The molecule has 0 aliphatic heterocycles. The summed E-state index contributed by atoms with van der Waals surface area (Å²) in [6.07, 6.45) is -0.276. The highest BCUT2D eigenvalue weighted by Crippen LogP contribution is 2.01. The summed E-state index contributed by atoms with van der Waals surface area (Å²) in [4.78, 5) is 69.6. The fourth-order valence-electron chi connectivity index (χ4n) is 2.40. The van der Waals surface area contributed by atoms with Crippen LogP contribution in [0.4, 0.5) is 0 Å². The predicted octanol–water partition coefficient (Wildman–Crippen LogP) is -1.26. The average Bonchev–Trinajstić information content (AvgIpc) is 2.66. The predicted molar refractivity (Wildman–Crippen MR) is 104 cm³/mol. The molecule has 0 aromatic heterocycles. The summed E-state index contributed by atoms with van der Waals surface area (Å²) in [7, 11) is 0. The number of carboxylic acids is 2. The zero-order valence-electron chi connectivity index (χ0n) is 17.2. The molecule has 0 rings (SSSR count). The molecular formula is C18H30N4O8. The van der Waals surface area contributed by atoms with Crippen molar-refractivity contribution in [2.24, 2.45) is 0 Å². The summed E-state index contributed by atoms with van der Waals surface area (Å²) >= 11 is 0. The van der Waals surface area contributed by atoms with E-state index in [9.17, 15) is 28.8 Å².